The maximum Gasteiger partial charge on any atom is 0.325 e. The second-order valence-electron chi connectivity index (χ2n) is 5.15. The fourth-order valence-electron chi connectivity index (χ4n) is 2.76. The Bertz CT molecular complexity index is 652. The molecule has 118 valence electrons. The number of aromatic nitrogens is 2. The van der Waals surface area contributed by atoms with Crippen molar-refractivity contribution in [2.45, 2.75) is 44.2 Å². The van der Waals surface area contributed by atoms with Crippen molar-refractivity contribution in [1.82, 2.24) is 14.1 Å². The smallest absolute Gasteiger partial charge is 0.325 e. The standard InChI is InChI=1S/C12H19N3O5S/c1-8-12(9(2)14(13-8)6-11(17)18)21(19,20)15-5-3-4-10(15)7-16/h10,16H,3-7H2,1-2H3,(H,17,18). The van der Waals surface area contributed by atoms with Crippen molar-refractivity contribution in [2.24, 2.45) is 0 Å². The highest BCUT2D eigenvalue weighted by molar-refractivity contribution is 7.89. The molecule has 1 aliphatic rings. The molecule has 0 aliphatic carbocycles. The summed E-state index contributed by atoms with van der Waals surface area (Å²) in [5.74, 6) is -1.08. The number of carboxylic acid groups (broad SMARTS) is 1. The molecule has 0 amide bonds. The Labute approximate surface area is 123 Å². The number of hydrogen-bond acceptors (Lipinski definition) is 5. The van der Waals surface area contributed by atoms with Crippen LogP contribution < -0.4 is 0 Å². The molecule has 9 heteroatoms. The summed E-state index contributed by atoms with van der Waals surface area (Å²) in [4.78, 5) is 10.8. The van der Waals surface area contributed by atoms with E-state index in [1.807, 2.05) is 0 Å². The van der Waals surface area contributed by atoms with Crippen molar-refractivity contribution in [3.05, 3.63) is 11.4 Å². The number of carboxylic acids is 1. The lowest BCUT2D eigenvalue weighted by molar-refractivity contribution is -0.137. The Kier molecular flexibility index (Phi) is 4.35. The Hall–Kier alpha value is -1.45. The second kappa shape index (κ2) is 5.74. The third kappa shape index (κ3) is 2.81. The van der Waals surface area contributed by atoms with Gasteiger partial charge in [-0.1, -0.05) is 0 Å². The molecule has 0 radical (unpaired) electrons. The van der Waals surface area contributed by atoms with Crippen LogP contribution in [0, 0.1) is 13.8 Å². The number of aryl methyl sites for hydroxylation is 1. The van der Waals surface area contributed by atoms with Gasteiger partial charge in [0.05, 0.1) is 18.0 Å². The predicted molar refractivity (Wildman–Crippen MR) is 73.3 cm³/mol. The first-order chi connectivity index (χ1) is 9.78. The summed E-state index contributed by atoms with van der Waals surface area (Å²) in [6.07, 6.45) is 1.32. The van der Waals surface area contributed by atoms with Crippen molar-refractivity contribution in [2.75, 3.05) is 13.2 Å². The number of sulfonamides is 1. The van der Waals surface area contributed by atoms with Crippen LogP contribution in [0.15, 0.2) is 4.90 Å². The van der Waals surface area contributed by atoms with E-state index in [1.54, 1.807) is 13.8 Å². The van der Waals surface area contributed by atoms with Crippen molar-refractivity contribution >= 4 is 16.0 Å². The summed E-state index contributed by atoms with van der Waals surface area (Å²) < 4.78 is 28.0. The Morgan fingerprint density at radius 3 is 2.67 bits per heavy atom. The number of aliphatic hydroxyl groups is 1. The minimum Gasteiger partial charge on any atom is -0.480 e. The third-order valence-corrected chi connectivity index (χ3v) is 5.91. The van der Waals surface area contributed by atoms with Gasteiger partial charge in [0.25, 0.3) is 0 Å². The molecule has 1 saturated heterocycles. The van der Waals surface area contributed by atoms with Crippen LogP contribution in [0.2, 0.25) is 0 Å². The van der Waals surface area contributed by atoms with Crippen molar-refractivity contribution in [3.63, 3.8) is 0 Å². The largest absolute Gasteiger partial charge is 0.480 e. The molecule has 8 nitrogen and oxygen atoms in total. The molecule has 2 heterocycles. The fraction of sp³-hybridized carbons (Fsp3) is 0.667. The maximum atomic E-state index is 12.8. The van der Waals surface area contributed by atoms with Gasteiger partial charge in [0, 0.05) is 12.6 Å². The average molecular weight is 317 g/mol. The minimum absolute atomic E-state index is 0.0455. The highest BCUT2D eigenvalue weighted by Crippen LogP contribution is 2.29. The zero-order valence-corrected chi connectivity index (χ0v) is 12.8. The van der Waals surface area contributed by atoms with Crippen molar-refractivity contribution in [1.29, 1.82) is 0 Å². The Morgan fingerprint density at radius 1 is 1.43 bits per heavy atom. The van der Waals surface area contributed by atoms with E-state index in [0.29, 0.717) is 25.1 Å². The molecule has 1 aromatic rings. The molecule has 1 fully saturated rings. The van der Waals surface area contributed by atoms with E-state index in [4.69, 9.17) is 5.11 Å². The lowest BCUT2D eigenvalue weighted by Crippen LogP contribution is -2.38. The zero-order valence-electron chi connectivity index (χ0n) is 12.0. The normalized spacial score (nSPS) is 20.0. The number of nitrogens with zero attached hydrogens (tertiary/aromatic N) is 3. The molecule has 2 N–H and O–H groups in total. The highest BCUT2D eigenvalue weighted by atomic mass is 32.2. The molecule has 1 aliphatic heterocycles. The third-order valence-electron chi connectivity index (χ3n) is 3.70. The summed E-state index contributed by atoms with van der Waals surface area (Å²) in [6, 6.07) is -0.420. The van der Waals surface area contributed by atoms with Gasteiger partial charge < -0.3 is 10.2 Å². The second-order valence-corrected chi connectivity index (χ2v) is 6.97. The van der Waals surface area contributed by atoms with Gasteiger partial charge in [-0.25, -0.2) is 8.42 Å². The summed E-state index contributed by atoms with van der Waals surface area (Å²) in [6.45, 7) is 2.84. The van der Waals surface area contributed by atoms with Crippen LogP contribution in [0.25, 0.3) is 0 Å². The van der Waals surface area contributed by atoms with Crippen LogP contribution in [0.4, 0.5) is 0 Å². The van der Waals surface area contributed by atoms with Gasteiger partial charge in [0.15, 0.2) is 0 Å². The average Bonchev–Trinajstić information content (AvgIpc) is 2.95. The monoisotopic (exact) mass is 317 g/mol. The van der Waals surface area contributed by atoms with Gasteiger partial charge in [-0.05, 0) is 26.7 Å². The van der Waals surface area contributed by atoms with Crippen molar-refractivity contribution < 1.29 is 23.4 Å². The molecule has 21 heavy (non-hydrogen) atoms. The Morgan fingerprint density at radius 2 is 2.10 bits per heavy atom. The van der Waals surface area contributed by atoms with E-state index in [0.717, 1.165) is 0 Å². The van der Waals surface area contributed by atoms with E-state index >= 15 is 0 Å². The van der Waals surface area contributed by atoms with E-state index in [1.165, 1.54) is 8.99 Å². The first-order valence-corrected chi connectivity index (χ1v) is 8.11. The van der Waals surface area contributed by atoms with E-state index in [-0.39, 0.29) is 23.7 Å². The number of aliphatic hydroxyl groups excluding tert-OH is 1. The van der Waals surface area contributed by atoms with Gasteiger partial charge in [-0.15, -0.1) is 0 Å². The van der Waals surface area contributed by atoms with Crippen LogP contribution >= 0.6 is 0 Å². The van der Waals surface area contributed by atoms with Crippen LogP contribution in [-0.4, -0.2) is 57.9 Å². The number of aliphatic carboxylic acids is 1. The molecule has 0 aromatic carbocycles. The molecular formula is C12H19N3O5S. The summed E-state index contributed by atoms with van der Waals surface area (Å²) in [5.41, 5.74) is 0.579. The van der Waals surface area contributed by atoms with Crippen LogP contribution in [0.5, 0.6) is 0 Å². The highest BCUT2D eigenvalue weighted by Gasteiger charge is 2.38. The number of carbonyl (C=O) groups is 1. The maximum absolute atomic E-state index is 12.8. The SMILES string of the molecule is Cc1nn(CC(=O)O)c(C)c1S(=O)(=O)N1CCCC1CO. The fourth-order valence-corrected chi connectivity index (χ4v) is 4.82. The molecule has 1 atom stereocenters. The minimum atomic E-state index is -3.78. The number of rotatable bonds is 5. The van der Waals surface area contributed by atoms with E-state index in [2.05, 4.69) is 5.10 Å². The first-order valence-electron chi connectivity index (χ1n) is 6.67. The zero-order chi connectivity index (χ0) is 15.8. The topological polar surface area (TPSA) is 113 Å². The molecule has 0 spiro atoms. The van der Waals surface area contributed by atoms with Gasteiger partial charge in [-0.2, -0.15) is 9.40 Å². The summed E-state index contributed by atoms with van der Waals surface area (Å²) >= 11 is 0. The molecule has 2 rings (SSSR count). The quantitative estimate of drug-likeness (QED) is 0.773. The molecule has 0 bridgehead atoms. The lowest BCUT2D eigenvalue weighted by Gasteiger charge is -2.22. The van der Waals surface area contributed by atoms with E-state index in [9.17, 15) is 18.3 Å². The van der Waals surface area contributed by atoms with Gasteiger partial charge >= 0.3 is 5.97 Å². The van der Waals surface area contributed by atoms with Gasteiger partial charge in [0.2, 0.25) is 10.0 Å². The van der Waals surface area contributed by atoms with Crippen molar-refractivity contribution in [3.8, 4) is 0 Å². The summed E-state index contributed by atoms with van der Waals surface area (Å²) in [5, 5.41) is 22.1. The molecule has 0 saturated carbocycles. The molecule has 1 unspecified atom stereocenters. The van der Waals surface area contributed by atoms with Crippen LogP contribution in [-0.2, 0) is 21.4 Å². The Balaban J connectivity index is 2.45. The predicted octanol–water partition coefficient (Wildman–Crippen LogP) is -0.270. The van der Waals surface area contributed by atoms with Gasteiger partial charge in [0.1, 0.15) is 11.4 Å². The number of hydrogen-bond donors (Lipinski definition) is 2. The molecule has 1 aromatic heterocycles. The van der Waals surface area contributed by atoms with E-state index < -0.39 is 22.0 Å². The molecular weight excluding hydrogens is 298 g/mol. The lowest BCUT2D eigenvalue weighted by atomic mass is 10.2. The van der Waals surface area contributed by atoms with Crippen LogP contribution in [0.3, 0.4) is 0 Å². The van der Waals surface area contributed by atoms with Crippen LogP contribution in [0.1, 0.15) is 24.2 Å². The van der Waals surface area contributed by atoms with Gasteiger partial charge in [-0.3, -0.25) is 9.48 Å². The first kappa shape index (κ1) is 15.9. The summed E-state index contributed by atoms with van der Waals surface area (Å²) in [7, 11) is -3.78.